The first-order valence-electron chi connectivity index (χ1n) is 6.90. The topological polar surface area (TPSA) is 34.1 Å². The molecule has 0 aromatic carbocycles. The quantitative estimate of drug-likeness (QED) is 0.769. The van der Waals surface area contributed by atoms with E-state index < -0.39 is 0 Å². The molecule has 1 atom stereocenters. The molecule has 0 aliphatic rings. The zero-order valence-corrected chi connectivity index (χ0v) is 12.1. The Kier molecular flexibility index (Phi) is 6.73. The third-order valence-electron chi connectivity index (χ3n) is 2.89. The molecule has 0 spiro atoms. The van der Waals surface area contributed by atoms with Gasteiger partial charge in [0.05, 0.1) is 18.5 Å². The van der Waals surface area contributed by atoms with Crippen LogP contribution in [0.3, 0.4) is 0 Å². The summed E-state index contributed by atoms with van der Waals surface area (Å²) in [5.41, 5.74) is 1.06. The maximum absolute atomic E-state index is 5.67. The number of nitrogens with one attached hydrogen (secondary N) is 1. The van der Waals surface area contributed by atoms with Gasteiger partial charge in [-0.25, -0.2) is 0 Å². The minimum atomic E-state index is 0.595. The lowest BCUT2D eigenvalue weighted by atomic mass is 10.1. The van der Waals surface area contributed by atoms with Crippen molar-refractivity contribution in [1.82, 2.24) is 10.3 Å². The lowest BCUT2D eigenvalue weighted by Gasteiger charge is -2.11. The van der Waals surface area contributed by atoms with E-state index in [1.54, 1.807) is 0 Å². The van der Waals surface area contributed by atoms with Gasteiger partial charge in [-0.3, -0.25) is 4.98 Å². The van der Waals surface area contributed by atoms with Gasteiger partial charge < -0.3 is 10.1 Å². The van der Waals surface area contributed by atoms with Crippen LogP contribution in [0.5, 0.6) is 5.75 Å². The first-order chi connectivity index (χ1) is 8.61. The predicted molar refractivity (Wildman–Crippen MR) is 75.7 cm³/mol. The van der Waals surface area contributed by atoms with Gasteiger partial charge in [-0.05, 0) is 30.5 Å². The molecule has 0 saturated carbocycles. The van der Waals surface area contributed by atoms with Crippen LogP contribution < -0.4 is 10.1 Å². The summed E-state index contributed by atoms with van der Waals surface area (Å²) in [7, 11) is 0. The molecule has 0 amide bonds. The molecule has 102 valence electrons. The Labute approximate surface area is 111 Å². The highest BCUT2D eigenvalue weighted by atomic mass is 16.5. The van der Waals surface area contributed by atoms with Crippen LogP contribution in [0.2, 0.25) is 0 Å². The van der Waals surface area contributed by atoms with Crippen molar-refractivity contribution in [3.63, 3.8) is 0 Å². The maximum Gasteiger partial charge on any atom is 0.137 e. The van der Waals surface area contributed by atoms with E-state index in [0.29, 0.717) is 11.8 Å². The second kappa shape index (κ2) is 8.09. The van der Waals surface area contributed by atoms with Gasteiger partial charge in [0, 0.05) is 6.54 Å². The summed E-state index contributed by atoms with van der Waals surface area (Å²) in [6.45, 7) is 11.4. The maximum atomic E-state index is 5.67. The van der Waals surface area contributed by atoms with Crippen molar-refractivity contribution < 1.29 is 4.74 Å². The van der Waals surface area contributed by atoms with E-state index in [2.05, 4.69) is 38.0 Å². The summed E-state index contributed by atoms with van der Waals surface area (Å²) >= 11 is 0. The number of ether oxygens (including phenoxy) is 1. The molecule has 18 heavy (non-hydrogen) atoms. The SMILES string of the molecule is CCC(C)COc1ccc(CNCC(C)C)nc1. The summed E-state index contributed by atoms with van der Waals surface area (Å²) in [6.07, 6.45) is 2.96. The Morgan fingerprint density at radius 3 is 2.61 bits per heavy atom. The number of pyridine rings is 1. The fourth-order valence-corrected chi connectivity index (χ4v) is 1.45. The number of hydrogen-bond acceptors (Lipinski definition) is 3. The molecular formula is C15H26N2O. The van der Waals surface area contributed by atoms with Crippen LogP contribution in [0.1, 0.15) is 39.8 Å². The van der Waals surface area contributed by atoms with Crippen molar-refractivity contribution in [2.45, 2.75) is 40.7 Å². The summed E-state index contributed by atoms with van der Waals surface area (Å²) in [6, 6.07) is 4.03. The van der Waals surface area contributed by atoms with Gasteiger partial charge in [-0.15, -0.1) is 0 Å². The van der Waals surface area contributed by atoms with Gasteiger partial charge in [0.2, 0.25) is 0 Å². The Morgan fingerprint density at radius 1 is 1.28 bits per heavy atom. The molecule has 0 bridgehead atoms. The minimum Gasteiger partial charge on any atom is -0.492 e. The molecule has 1 aromatic rings. The smallest absolute Gasteiger partial charge is 0.137 e. The van der Waals surface area contributed by atoms with Gasteiger partial charge in [-0.1, -0.05) is 34.1 Å². The summed E-state index contributed by atoms with van der Waals surface area (Å²) in [4.78, 5) is 4.39. The highest BCUT2D eigenvalue weighted by Crippen LogP contribution is 2.11. The second-order valence-electron chi connectivity index (χ2n) is 5.33. The Bertz CT molecular complexity index is 322. The number of aromatic nitrogens is 1. The van der Waals surface area contributed by atoms with Crippen molar-refractivity contribution in [2.24, 2.45) is 11.8 Å². The Balaban J connectivity index is 2.33. The average molecular weight is 250 g/mol. The van der Waals surface area contributed by atoms with Crippen LogP contribution in [0, 0.1) is 11.8 Å². The third kappa shape index (κ3) is 6.01. The van der Waals surface area contributed by atoms with Gasteiger partial charge in [0.25, 0.3) is 0 Å². The normalized spacial score (nSPS) is 12.7. The molecule has 0 radical (unpaired) electrons. The molecule has 0 fully saturated rings. The largest absolute Gasteiger partial charge is 0.492 e. The Morgan fingerprint density at radius 2 is 2.06 bits per heavy atom. The summed E-state index contributed by atoms with van der Waals surface area (Å²) in [5.74, 6) is 2.13. The second-order valence-corrected chi connectivity index (χ2v) is 5.33. The molecule has 0 saturated heterocycles. The molecule has 1 aromatic heterocycles. The monoisotopic (exact) mass is 250 g/mol. The van der Waals surface area contributed by atoms with Gasteiger partial charge in [-0.2, -0.15) is 0 Å². The molecule has 0 aliphatic heterocycles. The molecule has 1 unspecified atom stereocenters. The standard InChI is InChI=1S/C15H26N2O/c1-5-13(4)11-18-15-7-6-14(17-10-15)9-16-8-12(2)3/h6-7,10,12-13,16H,5,8-9,11H2,1-4H3. The summed E-state index contributed by atoms with van der Waals surface area (Å²) in [5, 5.41) is 3.38. The van der Waals surface area contributed by atoms with Crippen molar-refractivity contribution in [2.75, 3.05) is 13.2 Å². The number of nitrogens with zero attached hydrogens (tertiary/aromatic N) is 1. The zero-order valence-electron chi connectivity index (χ0n) is 12.1. The van der Waals surface area contributed by atoms with Crippen molar-refractivity contribution in [3.8, 4) is 5.75 Å². The van der Waals surface area contributed by atoms with Crippen molar-refractivity contribution in [1.29, 1.82) is 0 Å². The van der Waals surface area contributed by atoms with Gasteiger partial charge in [0.1, 0.15) is 5.75 Å². The lowest BCUT2D eigenvalue weighted by Crippen LogP contribution is -2.19. The number of rotatable bonds is 8. The lowest BCUT2D eigenvalue weighted by molar-refractivity contribution is 0.255. The predicted octanol–water partition coefficient (Wildman–Crippen LogP) is 3.25. The highest BCUT2D eigenvalue weighted by Gasteiger charge is 2.01. The van der Waals surface area contributed by atoms with E-state index in [4.69, 9.17) is 4.74 Å². The van der Waals surface area contributed by atoms with E-state index in [1.807, 2.05) is 18.3 Å². The summed E-state index contributed by atoms with van der Waals surface area (Å²) < 4.78 is 5.67. The zero-order chi connectivity index (χ0) is 13.4. The van der Waals surface area contributed by atoms with E-state index in [0.717, 1.165) is 37.6 Å². The first-order valence-corrected chi connectivity index (χ1v) is 6.90. The molecule has 1 rings (SSSR count). The fraction of sp³-hybridized carbons (Fsp3) is 0.667. The van der Waals surface area contributed by atoms with Crippen molar-refractivity contribution in [3.05, 3.63) is 24.0 Å². The van der Waals surface area contributed by atoms with E-state index in [9.17, 15) is 0 Å². The van der Waals surface area contributed by atoms with Crippen LogP contribution >= 0.6 is 0 Å². The van der Waals surface area contributed by atoms with E-state index in [1.165, 1.54) is 0 Å². The first kappa shape index (κ1) is 15.0. The molecular weight excluding hydrogens is 224 g/mol. The van der Waals surface area contributed by atoms with Crippen molar-refractivity contribution >= 4 is 0 Å². The fourth-order valence-electron chi connectivity index (χ4n) is 1.45. The molecule has 1 N–H and O–H groups in total. The van der Waals surface area contributed by atoms with Crippen LogP contribution in [0.15, 0.2) is 18.3 Å². The molecule has 3 nitrogen and oxygen atoms in total. The molecule has 3 heteroatoms. The van der Waals surface area contributed by atoms with Crippen LogP contribution in [-0.2, 0) is 6.54 Å². The average Bonchev–Trinajstić information content (AvgIpc) is 2.37. The Hall–Kier alpha value is -1.09. The van der Waals surface area contributed by atoms with Gasteiger partial charge in [0.15, 0.2) is 0 Å². The van der Waals surface area contributed by atoms with Gasteiger partial charge >= 0.3 is 0 Å². The van der Waals surface area contributed by atoms with Crippen LogP contribution in [0.25, 0.3) is 0 Å². The molecule has 1 heterocycles. The minimum absolute atomic E-state index is 0.595. The van der Waals surface area contributed by atoms with E-state index >= 15 is 0 Å². The number of hydrogen-bond donors (Lipinski definition) is 1. The van der Waals surface area contributed by atoms with Crippen LogP contribution in [-0.4, -0.2) is 18.1 Å². The van der Waals surface area contributed by atoms with Crippen LogP contribution in [0.4, 0.5) is 0 Å². The third-order valence-corrected chi connectivity index (χ3v) is 2.89. The highest BCUT2D eigenvalue weighted by molar-refractivity contribution is 5.19. The molecule has 0 aliphatic carbocycles. The van der Waals surface area contributed by atoms with E-state index in [-0.39, 0.29) is 0 Å².